The molecule has 1 aliphatic heterocycles. The molecule has 2 heterocycles. The number of nitrogens with zero attached hydrogens (tertiary/aromatic N) is 4. The van der Waals surface area contributed by atoms with Gasteiger partial charge >= 0.3 is 0 Å². The van der Waals surface area contributed by atoms with Crippen LogP contribution in [0.25, 0.3) is 6.08 Å². The third kappa shape index (κ3) is 3.57. The summed E-state index contributed by atoms with van der Waals surface area (Å²) in [5.74, 6) is 1.12. The predicted octanol–water partition coefficient (Wildman–Crippen LogP) is 4.68. The number of nitrogens with one attached hydrogen (secondary N) is 2. The zero-order valence-electron chi connectivity index (χ0n) is 18.1. The van der Waals surface area contributed by atoms with Crippen LogP contribution in [0.3, 0.4) is 0 Å². The Morgan fingerprint density at radius 2 is 2.09 bits per heavy atom. The molecule has 6 rings (SSSR count). The van der Waals surface area contributed by atoms with Crippen molar-refractivity contribution in [1.82, 2.24) is 15.3 Å². The summed E-state index contributed by atoms with van der Waals surface area (Å²) < 4.78 is 6.19. The van der Waals surface area contributed by atoms with E-state index in [9.17, 15) is 10.1 Å². The number of ether oxygens (including phenoxy) is 1. The van der Waals surface area contributed by atoms with Gasteiger partial charge in [0, 0.05) is 12.1 Å². The number of nitriles is 2. The van der Waals surface area contributed by atoms with Gasteiger partial charge in [0.1, 0.15) is 5.69 Å². The van der Waals surface area contributed by atoms with Crippen molar-refractivity contribution < 1.29 is 9.53 Å². The number of halogens is 1. The first-order valence-corrected chi connectivity index (χ1v) is 11.1. The molecule has 33 heavy (non-hydrogen) atoms. The number of anilines is 1. The number of carbonyl (C=O) groups excluding carboxylic acids is 1. The highest BCUT2D eigenvalue weighted by Crippen LogP contribution is 2.59. The van der Waals surface area contributed by atoms with Gasteiger partial charge in [0.2, 0.25) is 11.8 Å². The van der Waals surface area contributed by atoms with Crippen molar-refractivity contribution in [3.8, 4) is 23.8 Å². The molecule has 1 amide bonds. The van der Waals surface area contributed by atoms with Crippen molar-refractivity contribution >= 4 is 29.5 Å². The van der Waals surface area contributed by atoms with Crippen LogP contribution in [0.2, 0.25) is 5.02 Å². The molecular weight excluding hydrogens is 440 g/mol. The Morgan fingerprint density at radius 1 is 1.30 bits per heavy atom. The van der Waals surface area contributed by atoms with E-state index in [-0.39, 0.29) is 35.0 Å². The molecule has 4 aliphatic rings. The van der Waals surface area contributed by atoms with Crippen molar-refractivity contribution in [2.75, 3.05) is 5.32 Å². The molecule has 2 unspecified atom stereocenters. The van der Waals surface area contributed by atoms with Crippen LogP contribution in [0, 0.1) is 40.9 Å². The van der Waals surface area contributed by atoms with E-state index in [1.54, 1.807) is 12.1 Å². The van der Waals surface area contributed by atoms with Crippen molar-refractivity contribution in [2.45, 2.75) is 45.2 Å². The highest BCUT2D eigenvalue weighted by molar-refractivity contribution is 6.32. The molecule has 0 saturated heterocycles. The second kappa shape index (κ2) is 7.75. The Kier molecular flexibility index (Phi) is 4.99. The van der Waals surface area contributed by atoms with Gasteiger partial charge in [-0.3, -0.25) is 4.79 Å². The summed E-state index contributed by atoms with van der Waals surface area (Å²) >= 11 is 6.50. The molecule has 2 aromatic rings. The highest BCUT2D eigenvalue weighted by atomic mass is 35.5. The lowest BCUT2D eigenvalue weighted by molar-refractivity contribution is 0.0954. The second-order valence-corrected chi connectivity index (χ2v) is 9.45. The van der Waals surface area contributed by atoms with Gasteiger partial charge in [-0.15, -0.1) is 0 Å². The molecule has 3 aliphatic carbocycles. The van der Waals surface area contributed by atoms with E-state index in [1.807, 2.05) is 26.0 Å². The Labute approximate surface area is 196 Å². The molecule has 166 valence electrons. The molecule has 2 bridgehead atoms. The first-order valence-electron chi connectivity index (χ1n) is 10.8. The maximum Gasteiger partial charge on any atom is 0.271 e. The standard InChI is InChI=1S/C24H21ClN6O2/c1-12-6-14(4-3-5-26)7-16(25)20(12)33-22-18-13(2)28-21(32)19(18)30-23(31-22)29-17-10-24(11-27)8-15(17)9-24/h3-4,6-7,13,15,17H,8-10H2,1-2H3,(H,28,32)(H,29,30,31)/b4-3+. The van der Waals surface area contributed by atoms with E-state index >= 15 is 0 Å². The minimum atomic E-state index is -0.311. The van der Waals surface area contributed by atoms with E-state index in [0.29, 0.717) is 28.2 Å². The van der Waals surface area contributed by atoms with Crippen LogP contribution in [-0.2, 0) is 0 Å². The van der Waals surface area contributed by atoms with Gasteiger partial charge in [0.05, 0.1) is 34.2 Å². The first kappa shape index (κ1) is 21.2. The summed E-state index contributed by atoms with van der Waals surface area (Å²) in [5.41, 5.74) is 2.16. The van der Waals surface area contributed by atoms with Gasteiger partial charge < -0.3 is 15.4 Å². The maximum atomic E-state index is 12.5. The molecule has 1 aromatic carbocycles. The second-order valence-electron chi connectivity index (χ2n) is 9.04. The van der Waals surface area contributed by atoms with Crippen LogP contribution >= 0.6 is 11.6 Å². The fraction of sp³-hybridized carbons (Fsp3) is 0.375. The van der Waals surface area contributed by atoms with Gasteiger partial charge in [0.25, 0.3) is 5.91 Å². The summed E-state index contributed by atoms with van der Waals surface area (Å²) in [6.45, 7) is 3.70. The third-order valence-electron chi connectivity index (χ3n) is 6.74. The van der Waals surface area contributed by atoms with Crippen molar-refractivity contribution in [1.29, 1.82) is 10.5 Å². The average molecular weight is 461 g/mol. The Balaban J connectivity index is 1.49. The molecule has 8 nitrogen and oxygen atoms in total. The average Bonchev–Trinajstić information content (AvgIpc) is 3.37. The summed E-state index contributed by atoms with van der Waals surface area (Å²) in [5, 5.41) is 24.8. The van der Waals surface area contributed by atoms with Crippen molar-refractivity contribution in [2.24, 2.45) is 11.3 Å². The SMILES string of the molecule is Cc1cc(/C=C/C#N)cc(Cl)c1Oc1nc(NC2CC3(C#N)CC2C3)nc2c1C(C)NC2=O. The molecule has 0 radical (unpaired) electrons. The molecule has 1 aromatic heterocycles. The molecule has 3 saturated carbocycles. The number of hydrogen-bond donors (Lipinski definition) is 2. The molecule has 0 spiro atoms. The number of aryl methyl sites for hydroxylation is 1. The topological polar surface area (TPSA) is 124 Å². The van der Waals surface area contributed by atoms with Crippen LogP contribution < -0.4 is 15.4 Å². The lowest BCUT2D eigenvalue weighted by atomic mass is 9.71. The highest BCUT2D eigenvalue weighted by Gasteiger charge is 2.56. The van der Waals surface area contributed by atoms with Crippen LogP contribution in [0.15, 0.2) is 18.2 Å². The van der Waals surface area contributed by atoms with Gasteiger partial charge in [-0.2, -0.15) is 15.5 Å². The molecular formula is C24H21ClN6O2. The number of aromatic nitrogens is 2. The fourth-order valence-corrected chi connectivity index (χ4v) is 5.47. The number of carbonyl (C=O) groups is 1. The summed E-state index contributed by atoms with van der Waals surface area (Å²) in [4.78, 5) is 21.6. The maximum absolute atomic E-state index is 12.5. The Hall–Kier alpha value is -3.62. The number of fused-ring (bicyclic) bond motifs is 2. The minimum Gasteiger partial charge on any atom is -0.437 e. The van der Waals surface area contributed by atoms with Crippen LogP contribution in [0.1, 0.15) is 59.4 Å². The smallest absolute Gasteiger partial charge is 0.271 e. The molecule has 2 atom stereocenters. The van der Waals surface area contributed by atoms with Crippen LogP contribution in [0.5, 0.6) is 11.6 Å². The van der Waals surface area contributed by atoms with E-state index in [2.05, 4.69) is 26.7 Å². The van der Waals surface area contributed by atoms with E-state index < -0.39 is 0 Å². The van der Waals surface area contributed by atoms with Crippen LogP contribution in [0.4, 0.5) is 5.95 Å². The first-order chi connectivity index (χ1) is 15.8. The van der Waals surface area contributed by atoms with Gasteiger partial charge in [-0.1, -0.05) is 11.6 Å². The number of amides is 1. The summed E-state index contributed by atoms with van der Waals surface area (Å²) in [6.07, 6.45) is 5.56. The van der Waals surface area contributed by atoms with Crippen LogP contribution in [-0.4, -0.2) is 21.9 Å². The normalized spacial score (nSPS) is 26.8. The number of allylic oxidation sites excluding steroid dienone is 1. The van der Waals surface area contributed by atoms with E-state index in [0.717, 1.165) is 30.4 Å². The van der Waals surface area contributed by atoms with E-state index in [4.69, 9.17) is 21.6 Å². The summed E-state index contributed by atoms with van der Waals surface area (Å²) in [7, 11) is 0. The molecule has 2 N–H and O–H groups in total. The Morgan fingerprint density at radius 3 is 2.76 bits per heavy atom. The zero-order chi connectivity index (χ0) is 23.3. The number of rotatable bonds is 5. The zero-order valence-corrected chi connectivity index (χ0v) is 18.9. The summed E-state index contributed by atoms with van der Waals surface area (Å²) in [6, 6.07) is 7.75. The minimum absolute atomic E-state index is 0.0916. The van der Waals surface area contributed by atoms with Crippen molar-refractivity contribution in [3.05, 3.63) is 45.6 Å². The molecule has 9 heteroatoms. The quantitative estimate of drug-likeness (QED) is 0.621. The van der Waals surface area contributed by atoms with Gasteiger partial charge in [-0.05, 0) is 68.4 Å². The lowest BCUT2D eigenvalue weighted by Gasteiger charge is -2.31. The largest absolute Gasteiger partial charge is 0.437 e. The fourth-order valence-electron chi connectivity index (χ4n) is 5.16. The number of hydrogen-bond acceptors (Lipinski definition) is 7. The number of benzene rings is 1. The molecule has 3 fully saturated rings. The van der Waals surface area contributed by atoms with Gasteiger partial charge in [0.15, 0.2) is 5.75 Å². The Bertz CT molecular complexity index is 1260. The lowest BCUT2D eigenvalue weighted by Crippen LogP contribution is -2.29. The predicted molar refractivity (Wildman–Crippen MR) is 122 cm³/mol. The third-order valence-corrected chi connectivity index (χ3v) is 7.03. The van der Waals surface area contributed by atoms with Crippen molar-refractivity contribution in [3.63, 3.8) is 0 Å². The van der Waals surface area contributed by atoms with E-state index in [1.165, 1.54) is 6.08 Å². The monoisotopic (exact) mass is 460 g/mol. The van der Waals surface area contributed by atoms with Gasteiger partial charge in [-0.25, -0.2) is 4.98 Å².